The van der Waals surface area contributed by atoms with E-state index in [1.54, 1.807) is 24.3 Å². The van der Waals surface area contributed by atoms with Gasteiger partial charge in [0.2, 0.25) is 5.91 Å². The minimum atomic E-state index is -0.0572. The first-order valence-electron chi connectivity index (χ1n) is 9.21. The molecule has 5 heteroatoms. The first kappa shape index (κ1) is 16.8. The minimum Gasteiger partial charge on any atom is -0.325 e. The van der Waals surface area contributed by atoms with Gasteiger partial charge in [-0.1, -0.05) is 18.2 Å². The van der Waals surface area contributed by atoms with Crippen LogP contribution in [0, 0.1) is 5.92 Å². The standard InChI is InChI=1S/C21H23N3O2/c25-20(14-22-13-15-5-6-15)23-18-9-7-17(8-10-18)21(26)24-12-11-16-3-1-2-4-19(16)24/h1-4,7-10,15,22H,5-6,11-14H2,(H,23,25). The SMILES string of the molecule is O=C(CNCC1CC1)Nc1ccc(C(=O)N2CCc3ccccc32)cc1. The molecule has 2 aliphatic rings. The maximum absolute atomic E-state index is 12.8. The summed E-state index contributed by atoms with van der Waals surface area (Å²) in [5.74, 6) is 0.695. The van der Waals surface area contributed by atoms with Gasteiger partial charge in [-0.05, 0) is 67.6 Å². The van der Waals surface area contributed by atoms with Gasteiger partial charge >= 0.3 is 0 Å². The molecule has 0 spiro atoms. The number of rotatable bonds is 6. The van der Waals surface area contributed by atoms with Gasteiger partial charge in [-0.3, -0.25) is 9.59 Å². The molecule has 2 aromatic rings. The first-order chi connectivity index (χ1) is 12.7. The zero-order valence-electron chi connectivity index (χ0n) is 14.7. The second-order valence-corrected chi connectivity index (χ2v) is 7.04. The van der Waals surface area contributed by atoms with Crippen molar-refractivity contribution < 1.29 is 9.59 Å². The van der Waals surface area contributed by atoms with Gasteiger partial charge in [0.25, 0.3) is 5.91 Å². The molecular weight excluding hydrogens is 326 g/mol. The molecule has 0 unspecified atom stereocenters. The van der Waals surface area contributed by atoms with Crippen LogP contribution in [0.5, 0.6) is 0 Å². The van der Waals surface area contributed by atoms with Crippen LogP contribution in [-0.4, -0.2) is 31.4 Å². The maximum atomic E-state index is 12.8. The average Bonchev–Trinajstić information content (AvgIpc) is 3.38. The predicted octanol–water partition coefficient (Wildman–Crippen LogP) is 2.83. The summed E-state index contributed by atoms with van der Waals surface area (Å²) in [6.07, 6.45) is 3.43. The van der Waals surface area contributed by atoms with Crippen LogP contribution in [0.15, 0.2) is 48.5 Å². The Morgan fingerprint density at radius 2 is 1.81 bits per heavy atom. The summed E-state index contributed by atoms with van der Waals surface area (Å²) in [6.45, 7) is 1.95. The monoisotopic (exact) mass is 349 g/mol. The third kappa shape index (κ3) is 3.78. The Kier molecular flexibility index (Phi) is 4.71. The van der Waals surface area contributed by atoms with Gasteiger partial charge in [0.1, 0.15) is 0 Å². The van der Waals surface area contributed by atoms with Gasteiger partial charge < -0.3 is 15.5 Å². The lowest BCUT2D eigenvalue weighted by atomic mass is 10.1. The number of hydrogen-bond acceptors (Lipinski definition) is 3. The fourth-order valence-corrected chi connectivity index (χ4v) is 3.32. The molecule has 1 saturated carbocycles. The fourth-order valence-electron chi connectivity index (χ4n) is 3.32. The highest BCUT2D eigenvalue weighted by Gasteiger charge is 2.25. The van der Waals surface area contributed by atoms with Crippen molar-refractivity contribution in [2.24, 2.45) is 5.92 Å². The Bertz CT molecular complexity index is 812. The van der Waals surface area contributed by atoms with Crippen LogP contribution in [0.4, 0.5) is 11.4 Å². The number of amides is 2. The molecule has 5 nitrogen and oxygen atoms in total. The van der Waals surface area contributed by atoms with Crippen LogP contribution in [0.2, 0.25) is 0 Å². The Hall–Kier alpha value is -2.66. The predicted molar refractivity (Wildman–Crippen MR) is 102 cm³/mol. The van der Waals surface area contributed by atoms with Crippen LogP contribution in [0.25, 0.3) is 0 Å². The lowest BCUT2D eigenvalue weighted by Gasteiger charge is -2.17. The topological polar surface area (TPSA) is 61.4 Å². The van der Waals surface area contributed by atoms with E-state index in [-0.39, 0.29) is 11.8 Å². The molecule has 4 rings (SSSR count). The summed E-state index contributed by atoms with van der Waals surface area (Å²) in [4.78, 5) is 26.5. The lowest BCUT2D eigenvalue weighted by Crippen LogP contribution is -2.30. The average molecular weight is 349 g/mol. The number of hydrogen-bond donors (Lipinski definition) is 2. The molecule has 0 atom stereocenters. The zero-order chi connectivity index (χ0) is 17.9. The first-order valence-corrected chi connectivity index (χ1v) is 9.21. The number of nitrogens with one attached hydrogen (secondary N) is 2. The number of carbonyl (C=O) groups is 2. The van der Waals surface area contributed by atoms with E-state index in [4.69, 9.17) is 0 Å². The van der Waals surface area contributed by atoms with E-state index in [1.165, 1.54) is 18.4 Å². The van der Waals surface area contributed by atoms with E-state index in [1.807, 2.05) is 23.1 Å². The Labute approximate surface area is 153 Å². The molecule has 0 bridgehead atoms. The summed E-state index contributed by atoms with van der Waals surface area (Å²) in [5, 5.41) is 6.03. The summed E-state index contributed by atoms with van der Waals surface area (Å²) >= 11 is 0. The molecular formula is C21H23N3O2. The second-order valence-electron chi connectivity index (χ2n) is 7.04. The van der Waals surface area contributed by atoms with Crippen LogP contribution in [0.1, 0.15) is 28.8 Å². The van der Waals surface area contributed by atoms with Gasteiger partial charge in [-0.15, -0.1) is 0 Å². The minimum absolute atomic E-state index is 0.000994. The quantitative estimate of drug-likeness (QED) is 0.843. The number of carbonyl (C=O) groups excluding carboxylic acids is 2. The van der Waals surface area contributed by atoms with Crippen molar-refractivity contribution in [1.29, 1.82) is 0 Å². The Balaban J connectivity index is 1.35. The van der Waals surface area contributed by atoms with Crippen LogP contribution in [0.3, 0.4) is 0 Å². The normalized spacial score (nSPS) is 15.6. The number of nitrogens with zero attached hydrogens (tertiary/aromatic N) is 1. The lowest BCUT2D eigenvalue weighted by molar-refractivity contribution is -0.115. The van der Waals surface area contributed by atoms with Crippen LogP contribution in [-0.2, 0) is 11.2 Å². The van der Waals surface area contributed by atoms with Gasteiger partial charge in [0, 0.05) is 23.5 Å². The van der Waals surface area contributed by atoms with Gasteiger partial charge in [-0.25, -0.2) is 0 Å². The van der Waals surface area contributed by atoms with E-state index in [0.29, 0.717) is 24.3 Å². The highest BCUT2D eigenvalue weighted by Crippen LogP contribution is 2.29. The van der Waals surface area contributed by atoms with Gasteiger partial charge in [-0.2, -0.15) is 0 Å². The van der Waals surface area contributed by atoms with E-state index in [2.05, 4.69) is 16.7 Å². The zero-order valence-corrected chi connectivity index (χ0v) is 14.7. The van der Waals surface area contributed by atoms with Crippen molar-refractivity contribution in [2.45, 2.75) is 19.3 Å². The highest BCUT2D eigenvalue weighted by molar-refractivity contribution is 6.07. The maximum Gasteiger partial charge on any atom is 0.258 e. The molecule has 2 aromatic carbocycles. The van der Waals surface area contributed by atoms with E-state index in [9.17, 15) is 9.59 Å². The molecule has 0 radical (unpaired) electrons. The summed E-state index contributed by atoms with van der Waals surface area (Å²) in [7, 11) is 0. The van der Waals surface area contributed by atoms with Gasteiger partial charge in [0.05, 0.1) is 6.54 Å². The molecule has 1 aliphatic heterocycles. The summed E-state index contributed by atoms with van der Waals surface area (Å²) in [5.41, 5.74) is 3.55. The largest absolute Gasteiger partial charge is 0.325 e. The summed E-state index contributed by atoms with van der Waals surface area (Å²) < 4.78 is 0. The van der Waals surface area contributed by atoms with Crippen LogP contribution < -0.4 is 15.5 Å². The second kappa shape index (κ2) is 7.30. The number of fused-ring (bicyclic) bond motifs is 1. The third-order valence-electron chi connectivity index (χ3n) is 4.96. The molecule has 1 fully saturated rings. The van der Waals surface area contributed by atoms with Crippen LogP contribution >= 0.6 is 0 Å². The molecule has 26 heavy (non-hydrogen) atoms. The fraction of sp³-hybridized carbons (Fsp3) is 0.333. The van der Waals surface area contributed by atoms with E-state index < -0.39 is 0 Å². The summed E-state index contributed by atoms with van der Waals surface area (Å²) in [6, 6.07) is 15.1. The smallest absolute Gasteiger partial charge is 0.258 e. The molecule has 0 saturated heterocycles. The Morgan fingerprint density at radius 1 is 1.04 bits per heavy atom. The number of anilines is 2. The third-order valence-corrected chi connectivity index (χ3v) is 4.96. The van der Waals surface area contributed by atoms with Crippen molar-refractivity contribution >= 4 is 23.2 Å². The van der Waals surface area contributed by atoms with Crippen molar-refractivity contribution in [3.63, 3.8) is 0 Å². The molecule has 1 aliphatic carbocycles. The van der Waals surface area contributed by atoms with Crippen molar-refractivity contribution in [3.8, 4) is 0 Å². The van der Waals surface area contributed by atoms with Crippen molar-refractivity contribution in [3.05, 3.63) is 59.7 Å². The molecule has 1 heterocycles. The molecule has 2 N–H and O–H groups in total. The van der Waals surface area contributed by atoms with Gasteiger partial charge in [0.15, 0.2) is 0 Å². The molecule has 0 aromatic heterocycles. The Morgan fingerprint density at radius 3 is 2.58 bits per heavy atom. The number of benzene rings is 2. The molecule has 2 amide bonds. The van der Waals surface area contributed by atoms with E-state index in [0.717, 1.165) is 24.6 Å². The van der Waals surface area contributed by atoms with E-state index >= 15 is 0 Å². The number of para-hydroxylation sites is 1. The van der Waals surface area contributed by atoms with Crippen molar-refractivity contribution in [2.75, 3.05) is 29.9 Å². The van der Waals surface area contributed by atoms with Crippen molar-refractivity contribution in [1.82, 2.24) is 5.32 Å². The highest BCUT2D eigenvalue weighted by atomic mass is 16.2. The molecule has 134 valence electrons.